The van der Waals surface area contributed by atoms with Crippen LogP contribution in [0, 0.1) is 0 Å². The molecule has 0 unspecified atom stereocenters. The molecule has 7 nitrogen and oxygen atoms in total. The van der Waals surface area contributed by atoms with Crippen molar-refractivity contribution in [3.8, 4) is 11.5 Å². The zero-order chi connectivity index (χ0) is 23.1. The maximum absolute atomic E-state index is 13.2. The maximum Gasteiger partial charge on any atom is 0.245 e. The zero-order valence-electron chi connectivity index (χ0n) is 17.5. The number of methoxy groups -OCH3 is 2. The van der Waals surface area contributed by atoms with E-state index in [0.29, 0.717) is 11.4 Å². The van der Waals surface area contributed by atoms with Gasteiger partial charge in [-0.05, 0) is 54.4 Å². The van der Waals surface area contributed by atoms with Crippen LogP contribution in [0.15, 0.2) is 77.7 Å². The summed E-state index contributed by atoms with van der Waals surface area (Å²) in [6.07, 6.45) is 0.144. The van der Waals surface area contributed by atoms with Gasteiger partial charge in [0.2, 0.25) is 15.9 Å². The van der Waals surface area contributed by atoms with Gasteiger partial charge < -0.3 is 14.8 Å². The number of sulfonamides is 1. The molecule has 3 rings (SSSR count). The first kappa shape index (κ1) is 23.6. The molecule has 0 saturated heterocycles. The van der Waals surface area contributed by atoms with Crippen molar-refractivity contribution in [3.63, 3.8) is 0 Å². The van der Waals surface area contributed by atoms with Gasteiger partial charge in [0, 0.05) is 10.7 Å². The van der Waals surface area contributed by atoms with Crippen LogP contribution >= 0.6 is 11.6 Å². The molecule has 9 heteroatoms. The highest BCUT2D eigenvalue weighted by Gasteiger charge is 2.28. The Morgan fingerprint density at radius 3 is 2.28 bits per heavy atom. The van der Waals surface area contributed by atoms with E-state index in [-0.39, 0.29) is 22.1 Å². The molecule has 168 valence electrons. The van der Waals surface area contributed by atoms with Crippen molar-refractivity contribution in [2.45, 2.75) is 17.4 Å². The van der Waals surface area contributed by atoms with Crippen LogP contribution in [0.1, 0.15) is 5.56 Å². The number of nitrogens with one attached hydrogen (secondary N) is 2. The van der Waals surface area contributed by atoms with Crippen LogP contribution in [0.25, 0.3) is 0 Å². The zero-order valence-corrected chi connectivity index (χ0v) is 19.1. The Morgan fingerprint density at radius 2 is 1.66 bits per heavy atom. The quantitative estimate of drug-likeness (QED) is 0.490. The van der Waals surface area contributed by atoms with Crippen molar-refractivity contribution in [2.24, 2.45) is 0 Å². The van der Waals surface area contributed by atoms with Crippen molar-refractivity contribution < 1.29 is 22.7 Å². The van der Waals surface area contributed by atoms with E-state index in [0.717, 1.165) is 5.56 Å². The lowest BCUT2D eigenvalue weighted by Crippen LogP contribution is -2.45. The van der Waals surface area contributed by atoms with E-state index < -0.39 is 22.0 Å². The molecule has 0 aliphatic heterocycles. The van der Waals surface area contributed by atoms with E-state index in [1.807, 2.05) is 30.3 Å². The van der Waals surface area contributed by atoms with Gasteiger partial charge in [-0.1, -0.05) is 41.9 Å². The minimum Gasteiger partial charge on any atom is -0.497 e. The molecule has 0 aliphatic rings. The Bertz CT molecular complexity index is 1170. The topological polar surface area (TPSA) is 93.7 Å². The van der Waals surface area contributed by atoms with Gasteiger partial charge in [0.1, 0.15) is 22.4 Å². The van der Waals surface area contributed by atoms with E-state index in [1.54, 1.807) is 31.4 Å². The monoisotopic (exact) mass is 474 g/mol. The normalized spacial score (nSPS) is 12.1. The first-order valence-corrected chi connectivity index (χ1v) is 11.5. The molecule has 1 atom stereocenters. The summed E-state index contributed by atoms with van der Waals surface area (Å²) >= 11 is 6.00. The third kappa shape index (κ3) is 6.00. The van der Waals surface area contributed by atoms with Gasteiger partial charge in [-0.25, -0.2) is 8.42 Å². The molecule has 0 bridgehead atoms. The number of ether oxygens (including phenoxy) is 2. The molecule has 2 N–H and O–H groups in total. The van der Waals surface area contributed by atoms with Crippen molar-refractivity contribution >= 4 is 33.2 Å². The van der Waals surface area contributed by atoms with Gasteiger partial charge >= 0.3 is 0 Å². The number of halogens is 1. The number of carbonyl (C=O) groups is 1. The molecule has 32 heavy (non-hydrogen) atoms. The highest BCUT2D eigenvalue weighted by Crippen LogP contribution is 2.27. The molecule has 0 heterocycles. The smallest absolute Gasteiger partial charge is 0.245 e. The van der Waals surface area contributed by atoms with Crippen molar-refractivity contribution in [2.75, 3.05) is 19.5 Å². The van der Waals surface area contributed by atoms with Gasteiger partial charge in [0.05, 0.1) is 14.2 Å². The molecule has 0 aromatic heterocycles. The lowest BCUT2D eigenvalue weighted by Gasteiger charge is -2.20. The summed E-state index contributed by atoms with van der Waals surface area (Å²) in [5, 5.41) is 2.98. The number of anilines is 1. The van der Waals surface area contributed by atoms with Crippen LogP contribution in [0.4, 0.5) is 5.69 Å². The Balaban J connectivity index is 1.89. The van der Waals surface area contributed by atoms with Gasteiger partial charge in [-0.15, -0.1) is 0 Å². The Hall–Kier alpha value is -3.07. The van der Waals surface area contributed by atoms with Gasteiger partial charge in [-0.2, -0.15) is 4.72 Å². The molecule has 0 saturated carbocycles. The Kier molecular flexibility index (Phi) is 7.74. The highest BCUT2D eigenvalue weighted by atomic mass is 35.5. The van der Waals surface area contributed by atoms with Crippen LogP contribution in [0.2, 0.25) is 5.02 Å². The van der Waals surface area contributed by atoms with Crippen LogP contribution in [-0.4, -0.2) is 34.6 Å². The van der Waals surface area contributed by atoms with Gasteiger partial charge in [0.25, 0.3) is 0 Å². The lowest BCUT2D eigenvalue weighted by atomic mass is 10.1. The molecule has 0 radical (unpaired) electrons. The average Bonchev–Trinajstić information content (AvgIpc) is 2.79. The summed E-state index contributed by atoms with van der Waals surface area (Å²) in [4.78, 5) is 12.9. The fourth-order valence-corrected chi connectivity index (χ4v) is 4.68. The summed E-state index contributed by atoms with van der Waals surface area (Å²) in [5.41, 5.74) is 1.30. The first-order valence-electron chi connectivity index (χ1n) is 9.67. The molecule has 0 aliphatic carbocycles. The second-order valence-corrected chi connectivity index (χ2v) is 9.00. The van der Waals surface area contributed by atoms with Crippen molar-refractivity contribution in [1.82, 2.24) is 4.72 Å². The SMILES string of the molecule is COc1ccc(NC(=O)[C@H](Cc2ccccc2)NS(=O)(=O)c2cc(Cl)ccc2OC)cc1. The molecule has 0 spiro atoms. The molecule has 1 amide bonds. The van der Waals surface area contributed by atoms with E-state index in [1.165, 1.54) is 25.3 Å². The van der Waals surface area contributed by atoms with Crippen LogP contribution in [0.3, 0.4) is 0 Å². The molecule has 0 fully saturated rings. The summed E-state index contributed by atoms with van der Waals surface area (Å²) < 4.78 is 39.1. The number of hydrogen-bond donors (Lipinski definition) is 2. The third-order valence-electron chi connectivity index (χ3n) is 4.67. The fourth-order valence-electron chi connectivity index (χ4n) is 3.05. The van der Waals surface area contributed by atoms with Crippen LogP contribution in [0.5, 0.6) is 11.5 Å². The number of carbonyl (C=O) groups excluding carboxylic acids is 1. The van der Waals surface area contributed by atoms with E-state index in [9.17, 15) is 13.2 Å². The second-order valence-electron chi connectivity index (χ2n) is 6.88. The predicted molar refractivity (Wildman–Crippen MR) is 124 cm³/mol. The predicted octanol–water partition coefficient (Wildman–Crippen LogP) is 3.89. The summed E-state index contributed by atoms with van der Waals surface area (Å²) in [6, 6.07) is 19.0. The van der Waals surface area contributed by atoms with Crippen LogP contribution < -0.4 is 19.5 Å². The summed E-state index contributed by atoms with van der Waals surface area (Å²) in [5.74, 6) is 0.247. The van der Waals surface area contributed by atoms with Crippen molar-refractivity contribution in [3.05, 3.63) is 83.4 Å². The van der Waals surface area contributed by atoms with Gasteiger partial charge in [-0.3, -0.25) is 4.79 Å². The summed E-state index contributed by atoms with van der Waals surface area (Å²) in [7, 11) is -1.23. The lowest BCUT2D eigenvalue weighted by molar-refractivity contribution is -0.117. The number of amides is 1. The average molecular weight is 475 g/mol. The van der Waals surface area contributed by atoms with E-state index >= 15 is 0 Å². The van der Waals surface area contributed by atoms with Crippen LogP contribution in [-0.2, 0) is 21.2 Å². The number of rotatable bonds is 9. The molecule has 3 aromatic rings. The first-order chi connectivity index (χ1) is 15.3. The third-order valence-corrected chi connectivity index (χ3v) is 6.40. The van der Waals surface area contributed by atoms with Crippen molar-refractivity contribution in [1.29, 1.82) is 0 Å². The van der Waals surface area contributed by atoms with Gasteiger partial charge in [0.15, 0.2) is 0 Å². The minimum atomic E-state index is -4.13. The second kappa shape index (κ2) is 10.5. The highest BCUT2D eigenvalue weighted by molar-refractivity contribution is 7.89. The largest absolute Gasteiger partial charge is 0.497 e. The Labute approximate surface area is 192 Å². The standard InChI is InChI=1S/C23H23ClN2O5S/c1-30-19-11-9-18(10-12-19)25-23(27)20(14-16-6-4-3-5-7-16)26-32(28,29)22-15-17(24)8-13-21(22)31-2/h3-13,15,20,26H,14H2,1-2H3,(H,25,27)/t20-/m0/s1. The van der Waals surface area contributed by atoms with E-state index in [4.69, 9.17) is 21.1 Å². The fraction of sp³-hybridized carbons (Fsp3) is 0.174. The number of hydrogen-bond acceptors (Lipinski definition) is 5. The number of benzene rings is 3. The molecular weight excluding hydrogens is 452 g/mol. The van der Waals surface area contributed by atoms with E-state index in [2.05, 4.69) is 10.0 Å². The molecule has 3 aromatic carbocycles. The minimum absolute atomic E-state index is 0.121. The molecular formula is C23H23ClN2O5S. The maximum atomic E-state index is 13.2. The Morgan fingerprint density at radius 1 is 0.969 bits per heavy atom. The summed E-state index contributed by atoms with van der Waals surface area (Å²) in [6.45, 7) is 0.